The number of fused-ring (bicyclic) bond motifs is 1. The topological polar surface area (TPSA) is 33.0 Å². The van der Waals surface area contributed by atoms with Crippen LogP contribution in [0, 0.1) is 18.3 Å². The molecule has 0 radical (unpaired) electrons. The van der Waals surface area contributed by atoms with Gasteiger partial charge in [-0.1, -0.05) is 6.07 Å². The monoisotopic (exact) mass is 201 g/mol. The van der Waals surface area contributed by atoms with Gasteiger partial charge >= 0.3 is 0 Å². The molecule has 0 bridgehead atoms. The molecule has 2 nitrogen and oxygen atoms in total. The van der Waals surface area contributed by atoms with Crippen molar-refractivity contribution in [1.82, 2.24) is 0 Å². The van der Waals surface area contributed by atoms with Gasteiger partial charge in [0.25, 0.3) is 0 Å². The summed E-state index contributed by atoms with van der Waals surface area (Å²) >= 11 is 0. The van der Waals surface area contributed by atoms with E-state index in [0.717, 1.165) is 12.2 Å². The van der Waals surface area contributed by atoms with Gasteiger partial charge < -0.3 is 4.74 Å². The standard InChI is InChI=1S/C13H15NO/c1-10-12-5-3-2-4-11(12)6-7-13(10)15-9-8-14/h6-7H,2-5,9H2,1H3. The Bertz CT molecular complexity index is 404. The SMILES string of the molecule is Cc1c(OCC#N)ccc2c1CCCC2. The lowest BCUT2D eigenvalue weighted by Crippen LogP contribution is -2.06. The molecule has 0 saturated heterocycles. The van der Waals surface area contributed by atoms with Gasteiger partial charge in [0, 0.05) is 0 Å². The third-order valence-corrected chi connectivity index (χ3v) is 3.06. The molecule has 0 heterocycles. The van der Waals surface area contributed by atoms with E-state index < -0.39 is 0 Å². The lowest BCUT2D eigenvalue weighted by atomic mass is 9.88. The van der Waals surface area contributed by atoms with Crippen molar-refractivity contribution in [1.29, 1.82) is 5.26 Å². The quantitative estimate of drug-likeness (QED) is 0.737. The molecule has 2 heteroatoms. The van der Waals surface area contributed by atoms with E-state index in [9.17, 15) is 0 Å². The zero-order valence-corrected chi connectivity index (χ0v) is 9.05. The van der Waals surface area contributed by atoms with Crippen molar-refractivity contribution >= 4 is 0 Å². The highest BCUT2D eigenvalue weighted by Crippen LogP contribution is 2.30. The van der Waals surface area contributed by atoms with E-state index in [1.54, 1.807) is 0 Å². The van der Waals surface area contributed by atoms with Crippen LogP contribution in [0.2, 0.25) is 0 Å². The maximum Gasteiger partial charge on any atom is 0.174 e. The molecule has 0 amide bonds. The van der Waals surface area contributed by atoms with Crippen LogP contribution in [-0.2, 0) is 12.8 Å². The highest BCUT2D eigenvalue weighted by Gasteiger charge is 2.14. The number of aryl methyl sites for hydroxylation is 1. The molecule has 0 aromatic heterocycles. The summed E-state index contributed by atoms with van der Waals surface area (Å²) in [5.41, 5.74) is 4.13. The Hall–Kier alpha value is -1.49. The van der Waals surface area contributed by atoms with E-state index in [2.05, 4.69) is 13.0 Å². The average molecular weight is 201 g/mol. The predicted molar refractivity (Wildman–Crippen MR) is 58.9 cm³/mol. The number of ether oxygens (including phenoxy) is 1. The summed E-state index contributed by atoms with van der Waals surface area (Å²) in [6.07, 6.45) is 4.92. The summed E-state index contributed by atoms with van der Waals surface area (Å²) in [6, 6.07) is 6.15. The van der Waals surface area contributed by atoms with E-state index in [0.29, 0.717) is 0 Å². The van der Waals surface area contributed by atoms with E-state index in [-0.39, 0.29) is 6.61 Å². The molecule has 0 atom stereocenters. The number of rotatable bonds is 2. The Morgan fingerprint density at radius 2 is 2.13 bits per heavy atom. The maximum absolute atomic E-state index is 8.48. The van der Waals surface area contributed by atoms with Crippen LogP contribution in [0.3, 0.4) is 0 Å². The van der Waals surface area contributed by atoms with Crippen LogP contribution in [0.25, 0.3) is 0 Å². The fourth-order valence-electron chi connectivity index (χ4n) is 2.26. The van der Waals surface area contributed by atoms with Crippen LogP contribution in [-0.4, -0.2) is 6.61 Å². The van der Waals surface area contributed by atoms with Gasteiger partial charge in [-0.15, -0.1) is 0 Å². The first-order valence-corrected chi connectivity index (χ1v) is 5.44. The molecule has 0 aliphatic heterocycles. The Morgan fingerprint density at radius 1 is 1.33 bits per heavy atom. The molecule has 1 aromatic carbocycles. The summed E-state index contributed by atoms with van der Waals surface area (Å²) in [5.74, 6) is 0.872. The molecule has 0 spiro atoms. The number of benzene rings is 1. The van der Waals surface area contributed by atoms with Gasteiger partial charge in [0.05, 0.1) is 0 Å². The van der Waals surface area contributed by atoms with Crippen molar-refractivity contribution in [3.63, 3.8) is 0 Å². The Kier molecular flexibility index (Phi) is 2.91. The predicted octanol–water partition coefficient (Wildman–Crippen LogP) is 2.78. The molecule has 2 rings (SSSR count). The maximum atomic E-state index is 8.48. The Balaban J connectivity index is 2.31. The lowest BCUT2D eigenvalue weighted by Gasteiger charge is -2.19. The summed E-state index contributed by atoms with van der Waals surface area (Å²) in [7, 11) is 0. The lowest BCUT2D eigenvalue weighted by molar-refractivity contribution is 0.364. The summed E-state index contributed by atoms with van der Waals surface area (Å²) < 4.78 is 5.39. The largest absolute Gasteiger partial charge is 0.478 e. The first-order chi connectivity index (χ1) is 7.33. The van der Waals surface area contributed by atoms with Crippen LogP contribution < -0.4 is 4.74 Å². The third-order valence-electron chi connectivity index (χ3n) is 3.06. The molecule has 78 valence electrons. The number of hydrogen-bond acceptors (Lipinski definition) is 2. The fourth-order valence-corrected chi connectivity index (χ4v) is 2.26. The zero-order valence-electron chi connectivity index (χ0n) is 9.05. The van der Waals surface area contributed by atoms with Crippen LogP contribution in [0.4, 0.5) is 0 Å². The molecule has 0 fully saturated rings. The molecule has 0 saturated carbocycles. The van der Waals surface area contributed by atoms with Crippen molar-refractivity contribution in [2.75, 3.05) is 6.61 Å². The van der Waals surface area contributed by atoms with Gasteiger partial charge in [0.2, 0.25) is 0 Å². The van der Waals surface area contributed by atoms with Crippen molar-refractivity contribution in [2.45, 2.75) is 32.6 Å². The zero-order chi connectivity index (χ0) is 10.7. The molecule has 15 heavy (non-hydrogen) atoms. The normalized spacial score (nSPS) is 14.1. The number of hydrogen-bond donors (Lipinski definition) is 0. The van der Waals surface area contributed by atoms with Crippen LogP contribution in [0.15, 0.2) is 12.1 Å². The minimum atomic E-state index is 0.139. The molecular weight excluding hydrogens is 186 g/mol. The molecule has 0 unspecified atom stereocenters. The smallest absolute Gasteiger partial charge is 0.174 e. The van der Waals surface area contributed by atoms with Crippen LogP contribution in [0.5, 0.6) is 5.75 Å². The molecule has 1 aromatic rings. The van der Waals surface area contributed by atoms with Crippen LogP contribution in [0.1, 0.15) is 29.5 Å². The van der Waals surface area contributed by atoms with E-state index in [1.807, 2.05) is 12.1 Å². The van der Waals surface area contributed by atoms with Gasteiger partial charge in [-0.3, -0.25) is 0 Å². The van der Waals surface area contributed by atoms with Crippen molar-refractivity contribution < 1.29 is 4.74 Å². The van der Waals surface area contributed by atoms with E-state index in [4.69, 9.17) is 10.00 Å². The molecule has 0 N–H and O–H groups in total. The minimum absolute atomic E-state index is 0.139. The van der Waals surface area contributed by atoms with E-state index in [1.165, 1.54) is 36.0 Å². The average Bonchev–Trinajstić information content (AvgIpc) is 2.29. The summed E-state index contributed by atoms with van der Waals surface area (Å²) in [4.78, 5) is 0. The Labute approximate surface area is 90.5 Å². The highest BCUT2D eigenvalue weighted by molar-refractivity contribution is 5.45. The first kappa shape index (κ1) is 10.0. The fraction of sp³-hybridized carbons (Fsp3) is 0.462. The highest BCUT2D eigenvalue weighted by atomic mass is 16.5. The first-order valence-electron chi connectivity index (χ1n) is 5.44. The summed E-state index contributed by atoms with van der Waals surface area (Å²) in [6.45, 7) is 2.23. The Morgan fingerprint density at radius 3 is 2.93 bits per heavy atom. The van der Waals surface area contributed by atoms with Crippen molar-refractivity contribution in [3.8, 4) is 11.8 Å². The molecular formula is C13H15NO. The number of nitrogens with zero attached hydrogens (tertiary/aromatic N) is 1. The third kappa shape index (κ3) is 1.97. The molecule has 1 aliphatic carbocycles. The second-order valence-electron chi connectivity index (χ2n) is 3.98. The van der Waals surface area contributed by atoms with Gasteiger partial charge in [0.1, 0.15) is 11.8 Å². The van der Waals surface area contributed by atoms with Crippen LogP contribution >= 0.6 is 0 Å². The van der Waals surface area contributed by atoms with Crippen molar-refractivity contribution in [2.24, 2.45) is 0 Å². The van der Waals surface area contributed by atoms with Gasteiger partial charge in [-0.25, -0.2) is 0 Å². The second kappa shape index (κ2) is 4.35. The van der Waals surface area contributed by atoms with E-state index >= 15 is 0 Å². The van der Waals surface area contributed by atoms with Gasteiger partial charge in [-0.2, -0.15) is 5.26 Å². The number of nitriles is 1. The molecule has 1 aliphatic rings. The second-order valence-corrected chi connectivity index (χ2v) is 3.98. The summed E-state index contributed by atoms with van der Waals surface area (Å²) in [5, 5.41) is 8.48. The van der Waals surface area contributed by atoms with Gasteiger partial charge in [-0.05, 0) is 55.4 Å². The minimum Gasteiger partial charge on any atom is -0.478 e. The van der Waals surface area contributed by atoms with Gasteiger partial charge in [0.15, 0.2) is 6.61 Å². The van der Waals surface area contributed by atoms with Crippen molar-refractivity contribution in [3.05, 3.63) is 28.8 Å².